The minimum absolute atomic E-state index is 0.147. The van der Waals surface area contributed by atoms with Crippen molar-refractivity contribution in [2.45, 2.75) is 20.8 Å². The van der Waals surface area contributed by atoms with Gasteiger partial charge in [0.2, 0.25) is 0 Å². The zero-order chi connectivity index (χ0) is 27.9. The lowest BCUT2D eigenvalue weighted by Crippen LogP contribution is -2.26. The van der Waals surface area contributed by atoms with E-state index in [4.69, 9.17) is 4.74 Å². The maximum absolute atomic E-state index is 13.5. The van der Waals surface area contributed by atoms with Crippen LogP contribution in [0.5, 0.6) is 11.5 Å². The number of hydrogen-bond donors (Lipinski definition) is 1. The molecular weight excluding hydrogens is 492 g/mol. The molecule has 0 spiro atoms. The van der Waals surface area contributed by atoms with Crippen LogP contribution >= 0.6 is 0 Å². The molecule has 1 N–H and O–H groups in total. The number of benzene rings is 6. The maximum Gasteiger partial charge on any atom is 0.316 e. The van der Waals surface area contributed by atoms with E-state index in [-0.39, 0.29) is 11.7 Å². The molecule has 0 aliphatic heterocycles. The summed E-state index contributed by atoms with van der Waals surface area (Å²) in [5.41, 5.74) is 3.95. The fourth-order valence-electron chi connectivity index (χ4n) is 5.19. The van der Waals surface area contributed by atoms with Gasteiger partial charge in [-0.3, -0.25) is 4.79 Å². The number of aromatic hydroxyl groups is 1. The Balaban J connectivity index is 1.80. The van der Waals surface area contributed by atoms with Gasteiger partial charge >= 0.3 is 5.97 Å². The normalized spacial score (nSPS) is 11.6. The Morgan fingerprint density at radius 1 is 0.600 bits per heavy atom. The first-order valence-corrected chi connectivity index (χ1v) is 13.5. The van der Waals surface area contributed by atoms with E-state index in [9.17, 15) is 9.90 Å². The van der Waals surface area contributed by atoms with Crippen molar-refractivity contribution < 1.29 is 14.6 Å². The van der Waals surface area contributed by atoms with Crippen LogP contribution in [0.3, 0.4) is 0 Å². The van der Waals surface area contributed by atoms with Crippen molar-refractivity contribution in [3.63, 3.8) is 0 Å². The number of hydrogen-bond acceptors (Lipinski definition) is 3. The van der Waals surface area contributed by atoms with Gasteiger partial charge in [0.1, 0.15) is 11.5 Å². The molecule has 0 atom stereocenters. The van der Waals surface area contributed by atoms with Crippen LogP contribution in [0.1, 0.15) is 20.8 Å². The van der Waals surface area contributed by atoms with Gasteiger partial charge in [-0.25, -0.2) is 0 Å². The lowest BCUT2D eigenvalue weighted by molar-refractivity contribution is -0.142. The molecule has 0 radical (unpaired) electrons. The van der Waals surface area contributed by atoms with Gasteiger partial charge in [-0.2, -0.15) is 0 Å². The largest absolute Gasteiger partial charge is 0.507 e. The average molecular weight is 523 g/mol. The van der Waals surface area contributed by atoms with Crippen molar-refractivity contribution in [2.24, 2.45) is 5.41 Å². The maximum atomic E-state index is 13.5. The van der Waals surface area contributed by atoms with Crippen LogP contribution in [0.2, 0.25) is 0 Å². The van der Waals surface area contributed by atoms with Crippen LogP contribution in [0, 0.1) is 5.41 Å². The molecule has 0 unspecified atom stereocenters. The van der Waals surface area contributed by atoms with Gasteiger partial charge in [-0.05, 0) is 65.6 Å². The van der Waals surface area contributed by atoms with Gasteiger partial charge in [-0.15, -0.1) is 0 Å². The summed E-state index contributed by atoms with van der Waals surface area (Å²) in [5, 5.41) is 15.8. The molecule has 3 heteroatoms. The molecule has 3 nitrogen and oxygen atoms in total. The molecule has 0 fully saturated rings. The monoisotopic (exact) mass is 522 g/mol. The second kappa shape index (κ2) is 10.0. The van der Waals surface area contributed by atoms with E-state index in [0.29, 0.717) is 16.9 Å². The van der Waals surface area contributed by atoms with E-state index in [2.05, 4.69) is 18.2 Å². The predicted octanol–water partition coefficient (Wildman–Crippen LogP) is 9.65. The Kier molecular flexibility index (Phi) is 6.36. The first-order valence-electron chi connectivity index (χ1n) is 13.5. The highest BCUT2D eigenvalue weighted by Gasteiger charge is 2.29. The number of phenolic OH excluding ortho intramolecular Hbond substituents is 1. The van der Waals surface area contributed by atoms with Crippen molar-refractivity contribution >= 4 is 27.5 Å². The summed E-state index contributed by atoms with van der Waals surface area (Å²) < 4.78 is 6.36. The van der Waals surface area contributed by atoms with Gasteiger partial charge in [-0.1, -0.05) is 109 Å². The van der Waals surface area contributed by atoms with Crippen LogP contribution in [0.25, 0.3) is 54.9 Å². The molecule has 0 bridgehead atoms. The molecule has 6 aromatic rings. The van der Waals surface area contributed by atoms with E-state index in [1.54, 1.807) is 0 Å². The Bertz CT molecular complexity index is 1860. The van der Waals surface area contributed by atoms with Gasteiger partial charge in [0.25, 0.3) is 0 Å². The zero-order valence-electron chi connectivity index (χ0n) is 22.8. The van der Waals surface area contributed by atoms with Crippen LogP contribution in [-0.4, -0.2) is 11.1 Å². The number of rotatable bonds is 4. The summed E-state index contributed by atoms with van der Waals surface area (Å²) in [6.45, 7) is 5.55. The molecule has 0 heterocycles. The number of phenols is 1. The highest BCUT2D eigenvalue weighted by molar-refractivity contribution is 6.14. The standard InChI is InChI=1S/C37H30O3/c1-37(2,3)36(39)40-35-31(25-16-8-5-9-17-25)23-27-19-11-13-21-29(27)33(35)32-28-20-12-10-18-26(28)22-30(34(32)38)24-14-6-4-7-15-24/h4-23,38H,1-3H3. The van der Waals surface area contributed by atoms with Crippen LogP contribution in [-0.2, 0) is 4.79 Å². The van der Waals surface area contributed by atoms with E-state index < -0.39 is 5.41 Å². The van der Waals surface area contributed by atoms with Gasteiger partial charge in [0.15, 0.2) is 0 Å². The molecule has 6 aromatic carbocycles. The Morgan fingerprint density at radius 3 is 1.60 bits per heavy atom. The molecule has 196 valence electrons. The molecular formula is C37H30O3. The van der Waals surface area contributed by atoms with E-state index in [1.807, 2.05) is 124 Å². The first kappa shape index (κ1) is 25.4. The third-order valence-electron chi connectivity index (χ3n) is 7.25. The average Bonchev–Trinajstić information content (AvgIpc) is 2.97. The molecule has 0 aromatic heterocycles. The second-order valence-electron chi connectivity index (χ2n) is 11.1. The van der Waals surface area contributed by atoms with Crippen molar-refractivity contribution in [3.8, 4) is 44.9 Å². The van der Waals surface area contributed by atoms with Crippen molar-refractivity contribution in [1.82, 2.24) is 0 Å². The highest BCUT2D eigenvalue weighted by atomic mass is 16.5. The lowest BCUT2D eigenvalue weighted by Gasteiger charge is -2.24. The summed E-state index contributed by atoms with van der Waals surface area (Å²) in [5.74, 6) is 0.244. The molecule has 40 heavy (non-hydrogen) atoms. The quantitative estimate of drug-likeness (QED) is 0.185. The molecule has 0 amide bonds. The fraction of sp³-hybridized carbons (Fsp3) is 0.108. The predicted molar refractivity (Wildman–Crippen MR) is 165 cm³/mol. The lowest BCUT2D eigenvalue weighted by atomic mass is 9.86. The van der Waals surface area contributed by atoms with Crippen LogP contribution in [0.4, 0.5) is 0 Å². The van der Waals surface area contributed by atoms with Crippen molar-refractivity contribution in [3.05, 3.63) is 121 Å². The summed E-state index contributed by atoms with van der Waals surface area (Å²) >= 11 is 0. The number of carbonyl (C=O) groups excluding carboxylic acids is 1. The van der Waals surface area contributed by atoms with E-state index in [1.165, 1.54) is 0 Å². The van der Waals surface area contributed by atoms with Gasteiger partial charge < -0.3 is 9.84 Å². The van der Waals surface area contributed by atoms with Gasteiger partial charge in [0, 0.05) is 22.3 Å². The van der Waals surface area contributed by atoms with Crippen LogP contribution < -0.4 is 4.74 Å². The Hall–Kier alpha value is -4.89. The van der Waals surface area contributed by atoms with Crippen molar-refractivity contribution in [1.29, 1.82) is 0 Å². The fourth-order valence-corrected chi connectivity index (χ4v) is 5.19. The number of esters is 1. The first-order chi connectivity index (χ1) is 19.3. The molecule has 6 rings (SSSR count). The third-order valence-corrected chi connectivity index (χ3v) is 7.25. The highest BCUT2D eigenvalue weighted by Crippen LogP contribution is 2.52. The van der Waals surface area contributed by atoms with E-state index in [0.717, 1.165) is 43.8 Å². The number of ether oxygens (including phenoxy) is 1. The van der Waals surface area contributed by atoms with Gasteiger partial charge in [0.05, 0.1) is 5.41 Å². The minimum atomic E-state index is -0.729. The number of fused-ring (bicyclic) bond motifs is 2. The minimum Gasteiger partial charge on any atom is -0.507 e. The molecule has 0 saturated heterocycles. The smallest absolute Gasteiger partial charge is 0.316 e. The third kappa shape index (κ3) is 4.50. The second-order valence-corrected chi connectivity index (χ2v) is 11.1. The molecule has 0 saturated carbocycles. The summed E-state index contributed by atoms with van der Waals surface area (Å²) in [6, 6.07) is 40.0. The molecule has 0 aliphatic rings. The summed E-state index contributed by atoms with van der Waals surface area (Å²) in [4.78, 5) is 13.5. The Morgan fingerprint density at radius 2 is 1.05 bits per heavy atom. The van der Waals surface area contributed by atoms with E-state index >= 15 is 0 Å². The SMILES string of the molecule is CC(C)(C)C(=O)Oc1c(-c2ccccc2)cc2ccccc2c1-c1c(O)c(-c2ccccc2)cc2ccccc12. The summed E-state index contributed by atoms with van der Waals surface area (Å²) in [7, 11) is 0. The van der Waals surface area contributed by atoms with Crippen molar-refractivity contribution in [2.75, 3.05) is 0 Å². The molecule has 0 aliphatic carbocycles. The topological polar surface area (TPSA) is 46.5 Å². The zero-order valence-corrected chi connectivity index (χ0v) is 22.8. The summed E-state index contributed by atoms with van der Waals surface area (Å²) in [6.07, 6.45) is 0. The Labute approximate surface area is 234 Å². The van der Waals surface area contributed by atoms with Crippen LogP contribution in [0.15, 0.2) is 121 Å². The number of carbonyl (C=O) groups is 1.